The van der Waals surface area contributed by atoms with E-state index in [9.17, 15) is 26.7 Å². The minimum Gasteiger partial charge on any atom is -0.466 e. The number of hydrogen-bond donors (Lipinski definition) is 0. The molecule has 0 rings (SSSR count). The summed E-state index contributed by atoms with van der Waals surface area (Å²) in [4.78, 5) is 11.2. The van der Waals surface area contributed by atoms with Crippen LogP contribution >= 0.6 is 0 Å². The molecule has 0 atom stereocenters. The third-order valence-electron chi connectivity index (χ3n) is 3.05. The maximum absolute atomic E-state index is 12.6. The van der Waals surface area contributed by atoms with Gasteiger partial charge in [0.05, 0.1) is 6.61 Å². The van der Waals surface area contributed by atoms with Crippen molar-refractivity contribution in [1.82, 2.24) is 0 Å². The van der Waals surface area contributed by atoms with Crippen LogP contribution in [0.2, 0.25) is 0 Å². The Morgan fingerprint density at radius 1 is 0.905 bits per heavy atom. The summed E-state index contributed by atoms with van der Waals surface area (Å²) in [6, 6.07) is 0. The van der Waals surface area contributed by atoms with Crippen LogP contribution in [0.25, 0.3) is 0 Å². The van der Waals surface area contributed by atoms with Crippen molar-refractivity contribution in [2.45, 2.75) is 76.8 Å². The molecule has 0 aromatic rings. The Morgan fingerprint density at radius 3 is 2.10 bits per heavy atom. The van der Waals surface area contributed by atoms with Gasteiger partial charge in [0, 0.05) is 12.8 Å². The van der Waals surface area contributed by atoms with Gasteiger partial charge in [0.2, 0.25) is 0 Å². The van der Waals surface area contributed by atoms with Gasteiger partial charge in [0.25, 0.3) is 0 Å². The van der Waals surface area contributed by atoms with Gasteiger partial charge in [-0.2, -0.15) is 22.0 Å². The molecule has 0 saturated carbocycles. The largest absolute Gasteiger partial charge is 0.466 e. The maximum atomic E-state index is 12.6. The Balaban J connectivity index is 3.51. The van der Waals surface area contributed by atoms with E-state index in [1.807, 2.05) is 6.92 Å². The summed E-state index contributed by atoms with van der Waals surface area (Å²) < 4.78 is 65.7. The van der Waals surface area contributed by atoms with Crippen LogP contribution in [0.5, 0.6) is 0 Å². The molecule has 0 amide bonds. The van der Waals surface area contributed by atoms with Crippen molar-refractivity contribution in [2.24, 2.45) is 0 Å². The van der Waals surface area contributed by atoms with Gasteiger partial charge in [0.15, 0.2) is 0 Å². The molecular formula is C14H23F5O2. The van der Waals surface area contributed by atoms with E-state index in [0.29, 0.717) is 19.3 Å². The molecular weight excluding hydrogens is 295 g/mol. The maximum Gasteiger partial charge on any atom is 0.453 e. The predicted molar refractivity (Wildman–Crippen MR) is 69.2 cm³/mol. The van der Waals surface area contributed by atoms with E-state index in [1.165, 1.54) is 0 Å². The van der Waals surface area contributed by atoms with Gasteiger partial charge in [-0.3, -0.25) is 4.79 Å². The first-order valence-corrected chi connectivity index (χ1v) is 7.31. The zero-order valence-electron chi connectivity index (χ0n) is 12.3. The SMILES string of the molecule is CCCCCC(=O)OCCCCCCC(F)(F)C(F)(F)F. The van der Waals surface area contributed by atoms with Gasteiger partial charge >= 0.3 is 18.1 Å². The average Bonchev–Trinajstić information content (AvgIpc) is 2.36. The number of alkyl halides is 5. The number of ether oxygens (including phenoxy) is 1. The fourth-order valence-corrected chi connectivity index (χ4v) is 1.72. The lowest BCUT2D eigenvalue weighted by Gasteiger charge is -2.19. The molecule has 126 valence electrons. The van der Waals surface area contributed by atoms with Crippen molar-refractivity contribution in [3.05, 3.63) is 0 Å². The second-order valence-electron chi connectivity index (χ2n) is 5.04. The smallest absolute Gasteiger partial charge is 0.453 e. The van der Waals surface area contributed by atoms with Crippen molar-refractivity contribution in [1.29, 1.82) is 0 Å². The Bertz CT molecular complexity index is 290. The number of hydrogen-bond acceptors (Lipinski definition) is 2. The number of unbranched alkanes of at least 4 members (excludes halogenated alkanes) is 5. The second-order valence-corrected chi connectivity index (χ2v) is 5.04. The number of halogens is 5. The fraction of sp³-hybridized carbons (Fsp3) is 0.929. The summed E-state index contributed by atoms with van der Waals surface area (Å²) in [6.45, 7) is 2.22. The van der Waals surface area contributed by atoms with Crippen molar-refractivity contribution in [3.63, 3.8) is 0 Å². The number of esters is 1. The fourth-order valence-electron chi connectivity index (χ4n) is 1.72. The Kier molecular flexibility index (Phi) is 9.53. The van der Waals surface area contributed by atoms with Crippen molar-refractivity contribution >= 4 is 5.97 Å². The molecule has 7 heteroatoms. The molecule has 2 nitrogen and oxygen atoms in total. The number of carbonyl (C=O) groups is 1. The minimum absolute atomic E-state index is 0.195. The molecule has 0 aliphatic carbocycles. The first-order valence-electron chi connectivity index (χ1n) is 7.31. The van der Waals surface area contributed by atoms with E-state index in [2.05, 4.69) is 0 Å². The predicted octanol–water partition coefficient (Wildman–Crippen LogP) is 5.26. The Hall–Kier alpha value is -0.880. The van der Waals surface area contributed by atoms with Crippen molar-refractivity contribution in [3.8, 4) is 0 Å². The molecule has 0 spiro atoms. The third kappa shape index (κ3) is 9.63. The highest BCUT2D eigenvalue weighted by Crippen LogP contribution is 2.39. The molecule has 0 heterocycles. The van der Waals surface area contributed by atoms with Crippen LogP contribution in [-0.4, -0.2) is 24.7 Å². The van der Waals surface area contributed by atoms with Crippen LogP contribution in [0.15, 0.2) is 0 Å². The van der Waals surface area contributed by atoms with E-state index in [1.54, 1.807) is 0 Å². The molecule has 0 bridgehead atoms. The number of rotatable bonds is 11. The highest BCUT2D eigenvalue weighted by Gasteiger charge is 2.56. The minimum atomic E-state index is -5.47. The van der Waals surface area contributed by atoms with E-state index < -0.39 is 18.5 Å². The Labute approximate surface area is 122 Å². The molecule has 0 fully saturated rings. The van der Waals surface area contributed by atoms with Gasteiger partial charge in [-0.15, -0.1) is 0 Å². The molecule has 21 heavy (non-hydrogen) atoms. The molecule has 0 aliphatic rings. The Morgan fingerprint density at radius 2 is 1.52 bits per heavy atom. The summed E-state index contributed by atoms with van der Waals surface area (Å²) >= 11 is 0. The molecule has 0 N–H and O–H groups in total. The van der Waals surface area contributed by atoms with Crippen LogP contribution in [-0.2, 0) is 9.53 Å². The molecule has 0 aromatic heterocycles. The van der Waals surface area contributed by atoms with Crippen LogP contribution in [0.3, 0.4) is 0 Å². The summed E-state index contributed by atoms with van der Waals surface area (Å²) in [5.74, 6) is -4.90. The second kappa shape index (κ2) is 9.95. The average molecular weight is 318 g/mol. The molecule has 0 aromatic carbocycles. The molecule has 0 radical (unpaired) electrons. The van der Waals surface area contributed by atoms with Gasteiger partial charge in [0.1, 0.15) is 0 Å². The van der Waals surface area contributed by atoms with Gasteiger partial charge < -0.3 is 4.74 Å². The van der Waals surface area contributed by atoms with Crippen LogP contribution < -0.4 is 0 Å². The van der Waals surface area contributed by atoms with Crippen molar-refractivity contribution in [2.75, 3.05) is 6.61 Å². The zero-order valence-corrected chi connectivity index (χ0v) is 12.3. The summed E-state index contributed by atoms with van der Waals surface area (Å²) in [5, 5.41) is 0. The molecule has 0 unspecified atom stereocenters. The summed E-state index contributed by atoms with van der Waals surface area (Å²) in [7, 11) is 0. The standard InChI is InChI=1S/C14H23F5O2/c1-2-3-6-9-12(20)21-11-8-5-4-7-10-13(15,16)14(17,18)19/h2-11H2,1H3. The highest BCUT2D eigenvalue weighted by molar-refractivity contribution is 5.69. The zero-order chi connectivity index (χ0) is 16.4. The number of carbonyl (C=O) groups excluding carboxylic acids is 1. The van der Waals surface area contributed by atoms with E-state index in [0.717, 1.165) is 19.3 Å². The summed E-state index contributed by atoms with van der Waals surface area (Å²) in [5.41, 5.74) is 0. The lowest BCUT2D eigenvalue weighted by molar-refractivity contribution is -0.284. The molecule has 0 aliphatic heterocycles. The monoisotopic (exact) mass is 318 g/mol. The van der Waals surface area contributed by atoms with Crippen LogP contribution in [0.4, 0.5) is 22.0 Å². The summed E-state index contributed by atoms with van der Waals surface area (Å²) in [6.07, 6.45) is -2.52. The molecule has 0 saturated heterocycles. The lowest BCUT2D eigenvalue weighted by atomic mass is 10.1. The van der Waals surface area contributed by atoms with Crippen LogP contribution in [0, 0.1) is 0 Å². The van der Waals surface area contributed by atoms with E-state index in [4.69, 9.17) is 4.74 Å². The van der Waals surface area contributed by atoms with Gasteiger partial charge in [-0.1, -0.05) is 32.6 Å². The van der Waals surface area contributed by atoms with Gasteiger partial charge in [-0.05, 0) is 19.3 Å². The van der Waals surface area contributed by atoms with Crippen LogP contribution in [0.1, 0.15) is 64.7 Å². The third-order valence-corrected chi connectivity index (χ3v) is 3.05. The van der Waals surface area contributed by atoms with E-state index >= 15 is 0 Å². The lowest BCUT2D eigenvalue weighted by Crippen LogP contribution is -2.36. The first kappa shape index (κ1) is 20.1. The topological polar surface area (TPSA) is 26.3 Å². The van der Waals surface area contributed by atoms with Gasteiger partial charge in [-0.25, -0.2) is 0 Å². The highest BCUT2D eigenvalue weighted by atomic mass is 19.4. The normalized spacial score (nSPS) is 12.5. The van der Waals surface area contributed by atoms with E-state index in [-0.39, 0.29) is 25.4 Å². The van der Waals surface area contributed by atoms with Crippen molar-refractivity contribution < 1.29 is 31.5 Å². The quantitative estimate of drug-likeness (QED) is 0.295. The first-order chi connectivity index (χ1) is 9.70.